The van der Waals surface area contributed by atoms with Gasteiger partial charge in [-0.1, -0.05) is 25.1 Å². The van der Waals surface area contributed by atoms with E-state index < -0.39 is 12.0 Å². The molecule has 0 bridgehead atoms. The molecular formula is C15H20ClNO3. The van der Waals surface area contributed by atoms with E-state index in [4.69, 9.17) is 16.3 Å². The van der Waals surface area contributed by atoms with Crippen LogP contribution < -0.4 is 4.90 Å². The Labute approximate surface area is 124 Å². The molecule has 110 valence electrons. The lowest BCUT2D eigenvalue weighted by Crippen LogP contribution is -2.45. The topological polar surface area (TPSA) is 46.6 Å². The van der Waals surface area contributed by atoms with Gasteiger partial charge in [-0.25, -0.2) is 4.79 Å². The van der Waals surface area contributed by atoms with E-state index in [2.05, 4.69) is 0 Å². The number of carbonyl (C=O) groups is 2. The van der Waals surface area contributed by atoms with Crippen LogP contribution in [0, 0.1) is 6.92 Å². The maximum atomic E-state index is 12.2. The smallest absolute Gasteiger partial charge is 0.328 e. The quantitative estimate of drug-likeness (QED) is 0.620. The number of amides is 1. The Hall–Kier alpha value is -1.55. The zero-order valence-corrected chi connectivity index (χ0v) is 13.0. The molecule has 4 nitrogen and oxygen atoms in total. The molecule has 20 heavy (non-hydrogen) atoms. The van der Waals surface area contributed by atoms with Crippen LogP contribution >= 0.6 is 11.6 Å². The molecule has 1 amide bonds. The van der Waals surface area contributed by atoms with E-state index in [0.717, 1.165) is 23.2 Å². The van der Waals surface area contributed by atoms with Crippen molar-refractivity contribution in [2.75, 3.05) is 17.9 Å². The number of rotatable bonds is 5. The fourth-order valence-electron chi connectivity index (χ4n) is 2.22. The fraction of sp³-hybridized carbons (Fsp3) is 0.467. The maximum Gasteiger partial charge on any atom is 0.328 e. The van der Waals surface area contributed by atoms with Crippen molar-refractivity contribution in [1.82, 2.24) is 0 Å². The standard InChI is InChI=1S/C15H20ClNO3/c1-5-12-8-6-7-10(2)14(12)17(13(18)9-16)11(3)15(19)20-4/h6-8,11H,5,9H2,1-4H3/t11-/m0/s1. The average Bonchev–Trinajstić information content (AvgIpc) is 2.47. The summed E-state index contributed by atoms with van der Waals surface area (Å²) in [6.07, 6.45) is 0.761. The van der Waals surface area contributed by atoms with Crippen molar-refractivity contribution in [3.05, 3.63) is 29.3 Å². The fourth-order valence-corrected chi connectivity index (χ4v) is 2.35. The van der Waals surface area contributed by atoms with Gasteiger partial charge in [0.05, 0.1) is 12.8 Å². The minimum atomic E-state index is -0.711. The van der Waals surface area contributed by atoms with Crippen molar-refractivity contribution in [2.24, 2.45) is 0 Å². The van der Waals surface area contributed by atoms with Gasteiger partial charge < -0.3 is 4.74 Å². The van der Waals surface area contributed by atoms with Crippen LogP contribution in [0.15, 0.2) is 18.2 Å². The Bertz CT molecular complexity index is 502. The summed E-state index contributed by atoms with van der Waals surface area (Å²) < 4.78 is 4.75. The molecule has 0 heterocycles. The molecule has 1 rings (SSSR count). The normalized spacial score (nSPS) is 11.8. The zero-order valence-electron chi connectivity index (χ0n) is 12.3. The molecule has 0 saturated carbocycles. The molecule has 5 heteroatoms. The van der Waals surface area contributed by atoms with Gasteiger partial charge in [-0.15, -0.1) is 11.6 Å². The second-order valence-electron chi connectivity index (χ2n) is 4.53. The van der Waals surface area contributed by atoms with Gasteiger partial charge in [-0.05, 0) is 31.4 Å². The lowest BCUT2D eigenvalue weighted by Gasteiger charge is -2.30. The molecule has 1 aromatic carbocycles. The Kier molecular flexibility index (Phi) is 6.02. The number of ether oxygens (including phenoxy) is 1. The van der Waals surface area contributed by atoms with Crippen molar-refractivity contribution >= 4 is 29.2 Å². The first-order valence-corrected chi connectivity index (χ1v) is 7.05. The zero-order chi connectivity index (χ0) is 15.3. The van der Waals surface area contributed by atoms with E-state index >= 15 is 0 Å². The van der Waals surface area contributed by atoms with Gasteiger partial charge >= 0.3 is 5.97 Å². The van der Waals surface area contributed by atoms with E-state index in [9.17, 15) is 9.59 Å². The summed E-state index contributed by atoms with van der Waals surface area (Å²) >= 11 is 5.69. The number of carbonyl (C=O) groups excluding carboxylic acids is 2. The molecule has 0 aliphatic carbocycles. The summed E-state index contributed by atoms with van der Waals surface area (Å²) in [4.78, 5) is 25.4. The van der Waals surface area contributed by atoms with Crippen LogP contribution in [0.4, 0.5) is 5.69 Å². The summed E-state index contributed by atoms with van der Waals surface area (Å²) in [5.74, 6) is -0.957. The van der Waals surface area contributed by atoms with Gasteiger partial charge in [0.15, 0.2) is 0 Å². The third-order valence-electron chi connectivity index (χ3n) is 3.26. The molecule has 0 spiro atoms. The predicted molar refractivity (Wildman–Crippen MR) is 80.2 cm³/mol. The van der Waals surface area contributed by atoms with E-state index in [1.54, 1.807) is 6.92 Å². The van der Waals surface area contributed by atoms with Gasteiger partial charge in [0.2, 0.25) is 5.91 Å². The number of aryl methyl sites for hydroxylation is 2. The first kappa shape index (κ1) is 16.5. The van der Waals surface area contributed by atoms with Crippen LogP contribution in [-0.2, 0) is 20.7 Å². The number of alkyl halides is 1. The molecule has 0 N–H and O–H groups in total. The number of anilines is 1. The molecule has 1 atom stereocenters. The van der Waals surface area contributed by atoms with Crippen molar-refractivity contribution in [1.29, 1.82) is 0 Å². The number of esters is 1. The lowest BCUT2D eigenvalue weighted by molar-refractivity contribution is -0.142. The first-order chi connectivity index (χ1) is 9.47. The number of halogens is 1. The summed E-state index contributed by atoms with van der Waals surface area (Å²) in [6, 6.07) is 5.08. The maximum absolute atomic E-state index is 12.2. The highest BCUT2D eigenvalue weighted by Crippen LogP contribution is 2.28. The molecule has 0 fully saturated rings. The van der Waals surface area contributed by atoms with Crippen LogP contribution in [0.5, 0.6) is 0 Å². The minimum absolute atomic E-state index is 0.182. The first-order valence-electron chi connectivity index (χ1n) is 6.52. The molecule has 0 aromatic heterocycles. The molecule has 0 aliphatic rings. The number of hydrogen-bond donors (Lipinski definition) is 0. The van der Waals surface area contributed by atoms with E-state index in [1.165, 1.54) is 12.0 Å². The highest BCUT2D eigenvalue weighted by molar-refractivity contribution is 6.29. The van der Waals surface area contributed by atoms with E-state index in [-0.39, 0.29) is 11.8 Å². The second-order valence-corrected chi connectivity index (χ2v) is 4.80. The number of benzene rings is 1. The summed E-state index contributed by atoms with van der Waals surface area (Å²) in [5.41, 5.74) is 2.68. The largest absolute Gasteiger partial charge is 0.467 e. The molecule has 0 unspecified atom stereocenters. The van der Waals surface area contributed by atoms with E-state index in [1.807, 2.05) is 32.0 Å². The average molecular weight is 298 g/mol. The van der Waals surface area contributed by atoms with Gasteiger partial charge in [-0.3, -0.25) is 9.69 Å². The predicted octanol–water partition coefficient (Wildman–Crippen LogP) is 2.69. The Morgan fingerprint density at radius 2 is 2.05 bits per heavy atom. The van der Waals surface area contributed by atoms with Crippen molar-refractivity contribution in [3.8, 4) is 0 Å². The minimum Gasteiger partial charge on any atom is -0.467 e. The number of para-hydroxylation sites is 1. The van der Waals surface area contributed by atoms with Gasteiger partial charge in [0.1, 0.15) is 11.9 Å². The van der Waals surface area contributed by atoms with E-state index in [0.29, 0.717) is 0 Å². The molecule has 0 aliphatic heterocycles. The van der Waals surface area contributed by atoms with Crippen LogP contribution in [0.2, 0.25) is 0 Å². The van der Waals surface area contributed by atoms with Crippen LogP contribution in [0.25, 0.3) is 0 Å². The molecule has 0 saturated heterocycles. The van der Waals surface area contributed by atoms with Crippen LogP contribution in [0.3, 0.4) is 0 Å². The highest BCUT2D eigenvalue weighted by atomic mass is 35.5. The number of methoxy groups -OCH3 is 1. The molecule has 0 radical (unpaired) electrons. The van der Waals surface area contributed by atoms with Crippen LogP contribution in [0.1, 0.15) is 25.0 Å². The molecular weight excluding hydrogens is 278 g/mol. The summed E-state index contributed by atoms with van der Waals surface area (Å²) in [5, 5.41) is 0. The Morgan fingerprint density at radius 3 is 2.55 bits per heavy atom. The Balaban J connectivity index is 3.38. The van der Waals surface area contributed by atoms with Gasteiger partial charge in [0.25, 0.3) is 0 Å². The highest BCUT2D eigenvalue weighted by Gasteiger charge is 2.29. The second kappa shape index (κ2) is 7.29. The van der Waals surface area contributed by atoms with Crippen molar-refractivity contribution in [3.63, 3.8) is 0 Å². The van der Waals surface area contributed by atoms with Crippen molar-refractivity contribution < 1.29 is 14.3 Å². The SMILES string of the molecule is CCc1cccc(C)c1N(C(=O)CCl)[C@@H](C)C(=O)OC. The Morgan fingerprint density at radius 1 is 1.40 bits per heavy atom. The monoisotopic (exact) mass is 297 g/mol. The number of hydrogen-bond acceptors (Lipinski definition) is 3. The molecule has 1 aromatic rings. The van der Waals surface area contributed by atoms with Crippen LogP contribution in [-0.4, -0.2) is 30.9 Å². The van der Waals surface area contributed by atoms with Gasteiger partial charge in [-0.2, -0.15) is 0 Å². The van der Waals surface area contributed by atoms with Crippen molar-refractivity contribution in [2.45, 2.75) is 33.2 Å². The van der Waals surface area contributed by atoms with Gasteiger partial charge in [0, 0.05) is 0 Å². The number of nitrogens with zero attached hydrogens (tertiary/aromatic N) is 1. The third-order valence-corrected chi connectivity index (χ3v) is 3.48. The lowest BCUT2D eigenvalue weighted by atomic mass is 10.0. The third kappa shape index (κ3) is 3.31. The summed E-state index contributed by atoms with van der Waals surface area (Å²) in [6.45, 7) is 5.56. The summed E-state index contributed by atoms with van der Waals surface area (Å²) in [7, 11) is 1.31.